The highest BCUT2D eigenvalue weighted by atomic mass is 15.3. The lowest BCUT2D eigenvalue weighted by atomic mass is 9.99. The second-order valence-electron chi connectivity index (χ2n) is 7.57. The highest BCUT2D eigenvalue weighted by Gasteiger charge is 2.26. The lowest BCUT2D eigenvalue weighted by Crippen LogP contribution is -2.47. The number of allylic oxidation sites excluding steroid dienone is 1. The van der Waals surface area contributed by atoms with E-state index in [9.17, 15) is 0 Å². The van der Waals surface area contributed by atoms with E-state index >= 15 is 0 Å². The molecular formula is C20H24N7+. The molecule has 1 fully saturated rings. The molecule has 1 saturated heterocycles. The van der Waals surface area contributed by atoms with E-state index in [0.717, 1.165) is 55.0 Å². The lowest BCUT2D eigenvalue weighted by molar-refractivity contribution is -0.423. The fraction of sp³-hybridized carbons (Fsp3) is 0.400. The van der Waals surface area contributed by atoms with Gasteiger partial charge in [0.15, 0.2) is 12.4 Å². The van der Waals surface area contributed by atoms with Crippen molar-refractivity contribution >= 4 is 34.9 Å². The van der Waals surface area contributed by atoms with E-state index < -0.39 is 0 Å². The summed E-state index contributed by atoms with van der Waals surface area (Å²) in [6.45, 7) is 4.22. The third-order valence-electron chi connectivity index (χ3n) is 5.63. The summed E-state index contributed by atoms with van der Waals surface area (Å²) in [6, 6.07) is 6.48. The van der Waals surface area contributed by atoms with Gasteiger partial charge in [0.2, 0.25) is 0 Å². The van der Waals surface area contributed by atoms with E-state index in [0.29, 0.717) is 0 Å². The zero-order valence-corrected chi connectivity index (χ0v) is 15.8. The van der Waals surface area contributed by atoms with Gasteiger partial charge in [-0.2, -0.15) is 5.10 Å². The van der Waals surface area contributed by atoms with E-state index in [-0.39, 0.29) is 6.04 Å². The minimum Gasteiger partial charge on any atom is -0.357 e. The summed E-state index contributed by atoms with van der Waals surface area (Å²) in [6.07, 6.45) is 6.81. The number of nitrogens with one attached hydrogen (secondary N) is 1. The number of hydrogen-bond donors (Lipinski definition) is 1. The maximum absolute atomic E-state index is 4.65. The Hall–Kier alpha value is -2.80. The number of piperazine rings is 1. The van der Waals surface area contributed by atoms with Crippen molar-refractivity contribution in [1.82, 2.24) is 20.0 Å². The fourth-order valence-corrected chi connectivity index (χ4v) is 3.95. The Balaban J connectivity index is 1.41. The average Bonchev–Trinajstić information content (AvgIpc) is 3.09. The number of H-pyrrole nitrogens is 1. The SMILES string of the molecule is CN1CCN(C2=NC=NC(c3[nH]nc4ccc(C5=C[N+](C)=C5)cc34)C2)CC1. The molecule has 1 aromatic carbocycles. The number of aliphatic imine (C=N–C) groups is 2. The van der Waals surface area contributed by atoms with E-state index in [1.54, 1.807) is 6.34 Å². The molecule has 2 aromatic rings. The number of aromatic amines is 1. The first-order valence-electron chi connectivity index (χ1n) is 9.46. The molecule has 3 aliphatic rings. The van der Waals surface area contributed by atoms with Crippen molar-refractivity contribution in [1.29, 1.82) is 0 Å². The van der Waals surface area contributed by atoms with Gasteiger partial charge in [-0.15, -0.1) is 0 Å². The number of fused-ring (bicyclic) bond motifs is 1. The van der Waals surface area contributed by atoms with Gasteiger partial charge in [-0.1, -0.05) is 6.07 Å². The van der Waals surface area contributed by atoms with Gasteiger partial charge in [-0.3, -0.25) is 10.1 Å². The van der Waals surface area contributed by atoms with Gasteiger partial charge in [-0.05, 0) is 24.7 Å². The number of hydrogen-bond acceptors (Lipinski definition) is 5. The van der Waals surface area contributed by atoms with Gasteiger partial charge in [0.25, 0.3) is 0 Å². The van der Waals surface area contributed by atoms with Gasteiger partial charge in [-0.25, -0.2) is 9.57 Å². The quantitative estimate of drug-likeness (QED) is 0.828. The number of nitrogens with zero attached hydrogens (tertiary/aromatic N) is 6. The Labute approximate surface area is 158 Å². The van der Waals surface area contributed by atoms with Crippen LogP contribution in [0, 0.1) is 0 Å². The van der Waals surface area contributed by atoms with Gasteiger partial charge in [0, 0.05) is 38.0 Å². The maximum atomic E-state index is 4.65. The Morgan fingerprint density at radius 2 is 2.00 bits per heavy atom. The molecule has 27 heavy (non-hydrogen) atoms. The third kappa shape index (κ3) is 2.98. The molecule has 1 atom stereocenters. The normalized spacial score (nSPS) is 23.1. The molecule has 0 amide bonds. The Morgan fingerprint density at radius 3 is 2.78 bits per heavy atom. The van der Waals surface area contributed by atoms with Crippen LogP contribution in [0.25, 0.3) is 16.5 Å². The van der Waals surface area contributed by atoms with Crippen molar-refractivity contribution in [3.63, 3.8) is 0 Å². The molecule has 0 aliphatic carbocycles. The van der Waals surface area contributed by atoms with Crippen molar-refractivity contribution in [2.24, 2.45) is 9.98 Å². The molecule has 1 unspecified atom stereocenters. The Morgan fingerprint density at radius 1 is 1.19 bits per heavy atom. The number of benzene rings is 1. The van der Waals surface area contributed by atoms with Crippen molar-refractivity contribution in [3.05, 3.63) is 35.7 Å². The zero-order chi connectivity index (χ0) is 18.4. The lowest BCUT2D eigenvalue weighted by Gasteiger charge is -2.35. The van der Waals surface area contributed by atoms with Crippen molar-refractivity contribution in [3.8, 4) is 0 Å². The highest BCUT2D eigenvalue weighted by Crippen LogP contribution is 2.31. The van der Waals surface area contributed by atoms with Crippen LogP contribution in [-0.4, -0.2) is 83.2 Å². The van der Waals surface area contributed by atoms with Crippen LogP contribution in [0.1, 0.15) is 23.7 Å². The minimum absolute atomic E-state index is 0.0411. The van der Waals surface area contributed by atoms with Gasteiger partial charge < -0.3 is 9.80 Å². The largest absolute Gasteiger partial charge is 0.357 e. The van der Waals surface area contributed by atoms with Crippen LogP contribution in [0.5, 0.6) is 0 Å². The molecular weight excluding hydrogens is 338 g/mol. The Bertz CT molecular complexity index is 1000. The van der Waals surface area contributed by atoms with Gasteiger partial charge in [0.05, 0.1) is 11.2 Å². The van der Waals surface area contributed by atoms with Crippen LogP contribution in [0.15, 0.2) is 34.4 Å². The number of rotatable bonds is 2. The zero-order valence-electron chi connectivity index (χ0n) is 15.8. The third-order valence-corrected chi connectivity index (χ3v) is 5.63. The smallest absolute Gasteiger partial charge is 0.182 e. The van der Waals surface area contributed by atoms with E-state index in [1.807, 2.05) is 7.05 Å². The van der Waals surface area contributed by atoms with Crippen molar-refractivity contribution < 1.29 is 4.58 Å². The van der Waals surface area contributed by atoms with Gasteiger partial charge in [0.1, 0.15) is 30.8 Å². The predicted molar refractivity (Wildman–Crippen MR) is 109 cm³/mol. The predicted octanol–water partition coefficient (Wildman–Crippen LogP) is 1.75. The monoisotopic (exact) mass is 362 g/mol. The number of amidine groups is 1. The molecule has 0 radical (unpaired) electrons. The molecule has 7 nitrogen and oxygen atoms in total. The Kier molecular flexibility index (Phi) is 3.89. The van der Waals surface area contributed by atoms with Crippen LogP contribution in [0.4, 0.5) is 0 Å². The van der Waals surface area contributed by atoms with E-state index in [2.05, 4.69) is 72.2 Å². The first-order valence-corrected chi connectivity index (χ1v) is 9.46. The first kappa shape index (κ1) is 16.4. The van der Waals surface area contributed by atoms with Crippen LogP contribution in [0.3, 0.4) is 0 Å². The second kappa shape index (κ2) is 6.42. The second-order valence-corrected chi connectivity index (χ2v) is 7.57. The van der Waals surface area contributed by atoms with Crippen LogP contribution in [-0.2, 0) is 0 Å². The van der Waals surface area contributed by atoms with E-state index in [4.69, 9.17) is 0 Å². The summed E-state index contributed by atoms with van der Waals surface area (Å²) in [5.74, 6) is 1.14. The molecule has 1 aromatic heterocycles. The molecule has 0 bridgehead atoms. The van der Waals surface area contributed by atoms with Gasteiger partial charge >= 0.3 is 0 Å². The van der Waals surface area contributed by atoms with Crippen LogP contribution in [0.2, 0.25) is 0 Å². The molecule has 0 saturated carbocycles. The minimum atomic E-state index is 0.0411. The summed E-state index contributed by atoms with van der Waals surface area (Å²) < 4.78 is 2.07. The molecule has 0 spiro atoms. The molecule has 138 valence electrons. The summed E-state index contributed by atoms with van der Waals surface area (Å²) in [7, 11) is 4.21. The summed E-state index contributed by atoms with van der Waals surface area (Å²) >= 11 is 0. The van der Waals surface area contributed by atoms with Crippen LogP contribution >= 0.6 is 0 Å². The maximum Gasteiger partial charge on any atom is 0.182 e. The average molecular weight is 362 g/mol. The molecule has 4 heterocycles. The number of aromatic nitrogens is 2. The fourth-order valence-electron chi connectivity index (χ4n) is 3.95. The molecule has 1 N–H and O–H groups in total. The van der Waals surface area contributed by atoms with Crippen molar-refractivity contribution in [2.75, 3.05) is 40.3 Å². The summed E-state index contributed by atoms with van der Waals surface area (Å²) in [5.41, 5.74) is 4.54. The first-order chi connectivity index (χ1) is 13.2. The standard InChI is InChI=1S/C20H24N7/c1-25-5-7-27(8-6-25)19-10-18(21-13-22-19)20-16-9-14(15-11-26(2)12-15)3-4-17(16)23-24-20/h3-4,9,11-13,18H,5-8,10H2,1-2H3,(H,23,24)/q+1. The van der Waals surface area contributed by atoms with E-state index in [1.165, 1.54) is 11.1 Å². The summed E-state index contributed by atoms with van der Waals surface area (Å²) in [4.78, 5) is 14.0. The molecule has 5 rings (SSSR count). The topological polar surface area (TPSA) is 62.9 Å². The highest BCUT2D eigenvalue weighted by molar-refractivity contribution is 6.11. The molecule has 3 aliphatic heterocycles. The van der Waals surface area contributed by atoms with Crippen LogP contribution < -0.4 is 0 Å². The van der Waals surface area contributed by atoms with Crippen molar-refractivity contribution in [2.45, 2.75) is 12.5 Å². The number of likely N-dealkylation sites (N-methyl/N-ethyl adjacent to an activating group) is 1. The summed E-state index contributed by atoms with van der Waals surface area (Å²) in [5, 5.41) is 8.89. The molecule has 7 heteroatoms.